The van der Waals surface area contributed by atoms with Crippen LogP contribution >= 0.6 is 0 Å². The summed E-state index contributed by atoms with van der Waals surface area (Å²) in [5, 5.41) is 1.19. The summed E-state index contributed by atoms with van der Waals surface area (Å²) in [4.78, 5) is 13.0. The highest BCUT2D eigenvalue weighted by Gasteiger charge is 2.02. The van der Waals surface area contributed by atoms with Crippen molar-refractivity contribution in [2.75, 3.05) is 6.61 Å². The Hall–Kier alpha value is -1.32. The van der Waals surface area contributed by atoms with Crippen LogP contribution in [0.2, 0.25) is 0 Å². The molecule has 0 aliphatic rings. The second kappa shape index (κ2) is 4.26. The molecule has 1 aromatic heterocycles. The van der Waals surface area contributed by atoms with Crippen LogP contribution in [0, 0.1) is 0 Å². The highest BCUT2D eigenvalue weighted by molar-refractivity contribution is 5.82. The first-order chi connectivity index (χ1) is 6.92. The molecule has 0 amide bonds. The van der Waals surface area contributed by atoms with E-state index >= 15 is 0 Å². The summed E-state index contributed by atoms with van der Waals surface area (Å²) >= 11 is 0. The van der Waals surface area contributed by atoms with E-state index in [0.29, 0.717) is 13.2 Å². The third-order valence-electron chi connectivity index (χ3n) is 2.09. The molecule has 0 bridgehead atoms. The van der Waals surface area contributed by atoms with Crippen LogP contribution in [0.3, 0.4) is 0 Å². The minimum atomic E-state index is 0.484. The van der Waals surface area contributed by atoms with Crippen molar-refractivity contribution < 1.29 is 9.78 Å². The Morgan fingerprint density at radius 1 is 1.21 bits per heavy atom. The first kappa shape index (κ1) is 9.24. The molecule has 0 fully saturated rings. The van der Waals surface area contributed by atoms with Crippen LogP contribution in [0.4, 0.5) is 0 Å². The monoisotopic (exact) mass is 191 g/mol. The number of benzene rings is 1. The molecule has 14 heavy (non-hydrogen) atoms. The predicted octanol–water partition coefficient (Wildman–Crippen LogP) is 2.64. The fraction of sp³-hybridized carbons (Fsp3) is 0.273. The van der Waals surface area contributed by atoms with E-state index in [9.17, 15) is 0 Å². The van der Waals surface area contributed by atoms with Gasteiger partial charge in [0.1, 0.15) is 6.61 Å². The molecule has 0 aliphatic carbocycles. The molecule has 1 aromatic carbocycles. The number of fused-ring (bicyclic) bond motifs is 1. The molecule has 1 heterocycles. The molecule has 2 aromatic rings. The summed E-state index contributed by atoms with van der Waals surface area (Å²) in [6, 6.07) is 8.13. The van der Waals surface area contributed by atoms with Gasteiger partial charge in [0.15, 0.2) is 0 Å². The van der Waals surface area contributed by atoms with Gasteiger partial charge in [-0.05, 0) is 13.0 Å². The number of nitrogens with one attached hydrogen (secondary N) is 1. The maximum absolute atomic E-state index is 5.02. The average Bonchev–Trinajstić information content (AvgIpc) is 2.63. The molecule has 0 spiro atoms. The number of aromatic amines is 1. The molecule has 0 aliphatic heterocycles. The highest BCUT2D eigenvalue weighted by Crippen LogP contribution is 2.18. The molecule has 2 rings (SSSR count). The zero-order valence-corrected chi connectivity index (χ0v) is 8.12. The third kappa shape index (κ3) is 1.78. The van der Waals surface area contributed by atoms with Gasteiger partial charge in [-0.3, -0.25) is 0 Å². The van der Waals surface area contributed by atoms with Gasteiger partial charge < -0.3 is 4.98 Å². The molecular formula is C11H13NO2. The van der Waals surface area contributed by atoms with Crippen LogP contribution in [0.25, 0.3) is 10.9 Å². The van der Waals surface area contributed by atoms with E-state index in [1.165, 1.54) is 5.39 Å². The number of para-hydroxylation sites is 1. The van der Waals surface area contributed by atoms with Gasteiger partial charge in [0.05, 0.1) is 6.61 Å². The second-order valence-electron chi connectivity index (χ2n) is 3.03. The normalized spacial score (nSPS) is 10.9. The summed E-state index contributed by atoms with van der Waals surface area (Å²) in [6.07, 6.45) is 1.95. The Morgan fingerprint density at radius 2 is 2.07 bits per heavy atom. The molecule has 3 nitrogen and oxygen atoms in total. The van der Waals surface area contributed by atoms with Crippen LogP contribution in [0.1, 0.15) is 12.5 Å². The van der Waals surface area contributed by atoms with Crippen molar-refractivity contribution in [3.05, 3.63) is 36.0 Å². The predicted molar refractivity (Wildman–Crippen MR) is 54.7 cm³/mol. The van der Waals surface area contributed by atoms with Gasteiger partial charge in [0.25, 0.3) is 0 Å². The van der Waals surface area contributed by atoms with E-state index in [-0.39, 0.29) is 0 Å². The van der Waals surface area contributed by atoms with Crippen molar-refractivity contribution in [3.8, 4) is 0 Å². The van der Waals surface area contributed by atoms with Gasteiger partial charge in [-0.2, -0.15) is 0 Å². The average molecular weight is 191 g/mol. The number of hydrogen-bond donors (Lipinski definition) is 1. The largest absolute Gasteiger partial charge is 0.361 e. The van der Waals surface area contributed by atoms with E-state index in [4.69, 9.17) is 9.78 Å². The van der Waals surface area contributed by atoms with E-state index in [0.717, 1.165) is 11.1 Å². The fourth-order valence-corrected chi connectivity index (χ4v) is 1.44. The SMILES string of the molecule is CCOOCc1c[nH]c2ccccc12. The molecule has 1 N–H and O–H groups in total. The summed E-state index contributed by atoms with van der Waals surface area (Å²) in [5.41, 5.74) is 2.25. The number of hydrogen-bond acceptors (Lipinski definition) is 2. The van der Waals surface area contributed by atoms with Gasteiger partial charge >= 0.3 is 0 Å². The highest BCUT2D eigenvalue weighted by atomic mass is 17.2. The van der Waals surface area contributed by atoms with Crippen molar-refractivity contribution >= 4 is 10.9 Å². The van der Waals surface area contributed by atoms with Gasteiger partial charge in [0.2, 0.25) is 0 Å². The van der Waals surface area contributed by atoms with E-state index in [2.05, 4.69) is 11.1 Å². The third-order valence-corrected chi connectivity index (χ3v) is 2.09. The lowest BCUT2D eigenvalue weighted by Gasteiger charge is -1.99. The van der Waals surface area contributed by atoms with Crippen molar-refractivity contribution in [1.29, 1.82) is 0 Å². The lowest BCUT2D eigenvalue weighted by atomic mass is 10.2. The minimum Gasteiger partial charge on any atom is -0.361 e. The van der Waals surface area contributed by atoms with Crippen molar-refractivity contribution in [2.45, 2.75) is 13.5 Å². The van der Waals surface area contributed by atoms with Crippen molar-refractivity contribution in [2.24, 2.45) is 0 Å². The Morgan fingerprint density at radius 3 is 2.93 bits per heavy atom. The number of aromatic nitrogens is 1. The molecule has 0 saturated carbocycles. The van der Waals surface area contributed by atoms with Crippen LogP contribution < -0.4 is 0 Å². The lowest BCUT2D eigenvalue weighted by Crippen LogP contribution is -1.93. The van der Waals surface area contributed by atoms with Gasteiger partial charge in [-0.15, -0.1) is 0 Å². The van der Waals surface area contributed by atoms with Crippen molar-refractivity contribution in [3.63, 3.8) is 0 Å². The smallest absolute Gasteiger partial charge is 0.109 e. The first-order valence-corrected chi connectivity index (χ1v) is 4.71. The Kier molecular flexibility index (Phi) is 2.81. The minimum absolute atomic E-state index is 0.484. The van der Waals surface area contributed by atoms with Crippen LogP contribution in [0.15, 0.2) is 30.5 Å². The summed E-state index contributed by atoms with van der Waals surface area (Å²) in [7, 11) is 0. The lowest BCUT2D eigenvalue weighted by molar-refractivity contribution is -0.300. The van der Waals surface area contributed by atoms with E-state index in [1.807, 2.05) is 31.3 Å². The molecule has 3 heteroatoms. The summed E-state index contributed by atoms with van der Waals surface area (Å²) < 4.78 is 0. The zero-order valence-electron chi connectivity index (χ0n) is 8.12. The first-order valence-electron chi connectivity index (χ1n) is 4.71. The molecule has 74 valence electrons. The Labute approximate surface area is 82.6 Å². The number of rotatable bonds is 4. The summed E-state index contributed by atoms with van der Waals surface area (Å²) in [6.45, 7) is 2.95. The second-order valence-corrected chi connectivity index (χ2v) is 3.03. The standard InChI is InChI=1S/C11H13NO2/c1-2-13-14-8-9-7-12-11-6-4-3-5-10(9)11/h3-7,12H,2,8H2,1H3. The zero-order chi connectivity index (χ0) is 9.80. The quantitative estimate of drug-likeness (QED) is 0.458. The maximum Gasteiger partial charge on any atom is 0.109 e. The fourth-order valence-electron chi connectivity index (χ4n) is 1.44. The molecule has 0 radical (unpaired) electrons. The van der Waals surface area contributed by atoms with Crippen LogP contribution in [-0.2, 0) is 16.4 Å². The Bertz CT molecular complexity index is 408. The van der Waals surface area contributed by atoms with Gasteiger partial charge in [-0.25, -0.2) is 9.78 Å². The van der Waals surface area contributed by atoms with E-state index in [1.54, 1.807) is 0 Å². The van der Waals surface area contributed by atoms with Crippen LogP contribution in [0.5, 0.6) is 0 Å². The molecule has 0 atom stereocenters. The van der Waals surface area contributed by atoms with Crippen molar-refractivity contribution in [1.82, 2.24) is 4.98 Å². The van der Waals surface area contributed by atoms with Gasteiger partial charge in [-0.1, -0.05) is 18.2 Å². The maximum atomic E-state index is 5.02. The Balaban J connectivity index is 2.17. The number of H-pyrrole nitrogens is 1. The molecule has 0 unspecified atom stereocenters. The molecular weight excluding hydrogens is 178 g/mol. The summed E-state index contributed by atoms with van der Waals surface area (Å²) in [5.74, 6) is 0. The molecule has 0 saturated heterocycles. The van der Waals surface area contributed by atoms with Gasteiger partial charge in [0, 0.05) is 22.7 Å². The topological polar surface area (TPSA) is 34.2 Å². The van der Waals surface area contributed by atoms with Crippen LogP contribution in [-0.4, -0.2) is 11.6 Å². The van der Waals surface area contributed by atoms with E-state index < -0.39 is 0 Å².